The van der Waals surface area contributed by atoms with Gasteiger partial charge in [0.2, 0.25) is 0 Å². The molecule has 0 bridgehead atoms. The number of para-hydroxylation sites is 4. The highest BCUT2D eigenvalue weighted by molar-refractivity contribution is 6.27. The summed E-state index contributed by atoms with van der Waals surface area (Å²) in [6.07, 6.45) is 0. The average Bonchev–Trinajstić information content (AvgIpc) is 3.95. The van der Waals surface area contributed by atoms with Crippen LogP contribution in [0.5, 0.6) is 0 Å². The third kappa shape index (κ3) is 3.75. The molecule has 0 atom stereocenters. The average molecular weight is 665 g/mol. The van der Waals surface area contributed by atoms with Crippen LogP contribution in [-0.2, 0) is 0 Å². The summed E-state index contributed by atoms with van der Waals surface area (Å²) in [6, 6.07) is 60.7. The summed E-state index contributed by atoms with van der Waals surface area (Å²) in [7, 11) is 0. The lowest BCUT2D eigenvalue weighted by Crippen LogP contribution is -1.95. The Balaban J connectivity index is 1.14. The smallest absolute Gasteiger partial charge is 0.136 e. The lowest BCUT2D eigenvalue weighted by Gasteiger charge is -2.10. The number of hydrogen-bond donors (Lipinski definition) is 0. The third-order valence-electron chi connectivity index (χ3n) is 10.9. The second-order valence-electron chi connectivity index (χ2n) is 13.7. The summed E-state index contributed by atoms with van der Waals surface area (Å²) in [5, 5.41) is 9.41. The predicted molar refractivity (Wildman–Crippen MR) is 215 cm³/mol. The zero-order chi connectivity index (χ0) is 33.9. The summed E-state index contributed by atoms with van der Waals surface area (Å²) < 4.78 is 17.3. The first-order chi connectivity index (χ1) is 25.8. The highest BCUT2D eigenvalue weighted by atomic mass is 16.3. The van der Waals surface area contributed by atoms with Crippen LogP contribution in [0, 0.1) is 0 Å². The molecule has 0 saturated heterocycles. The fraction of sp³-hybridized carbons (Fsp3) is 0. The van der Waals surface area contributed by atoms with Crippen molar-refractivity contribution in [1.82, 2.24) is 9.13 Å². The Labute approximate surface area is 296 Å². The highest BCUT2D eigenvalue weighted by Gasteiger charge is 2.20. The van der Waals surface area contributed by atoms with Crippen molar-refractivity contribution in [2.24, 2.45) is 0 Å². The van der Waals surface area contributed by atoms with Gasteiger partial charge in [-0.3, -0.25) is 0 Å². The molecule has 0 aliphatic carbocycles. The molecule has 8 aromatic carbocycles. The summed E-state index contributed by atoms with van der Waals surface area (Å²) >= 11 is 0. The third-order valence-corrected chi connectivity index (χ3v) is 10.9. The molecule has 0 amide bonds. The number of hydrogen-bond acceptors (Lipinski definition) is 2. The van der Waals surface area contributed by atoms with Crippen LogP contribution in [0.4, 0.5) is 0 Å². The standard InChI is InChI=1S/C48H28N2O2/c1-2-10-31(11-3-1)49-40-21-18-29(30-19-24-45-38(27-30)33-12-5-8-16-43(33)51-45)26-36(40)37-28-32(20-22-41(37)49)50-39-15-7-4-13-34(39)47-42(50)23-25-46-48(47)35-14-6-9-17-44(35)52-46/h1-28H. The number of nitrogens with zero attached hydrogens (tertiary/aromatic N) is 2. The molecule has 0 unspecified atom stereocenters. The largest absolute Gasteiger partial charge is 0.456 e. The normalized spacial score (nSPS) is 12.2. The van der Waals surface area contributed by atoms with Crippen LogP contribution in [-0.4, -0.2) is 9.13 Å². The van der Waals surface area contributed by atoms with Gasteiger partial charge in [-0.25, -0.2) is 0 Å². The summed E-state index contributed by atoms with van der Waals surface area (Å²) in [5.41, 5.74) is 12.9. The predicted octanol–water partition coefficient (Wildman–Crippen LogP) is 13.3. The van der Waals surface area contributed by atoms with E-state index in [1.807, 2.05) is 18.2 Å². The SMILES string of the molecule is c1ccc(-n2c3ccc(-c4ccc5oc6ccccc6c5c4)cc3c3cc(-n4c5ccccc5c5c6c(ccc54)oc4ccccc46)ccc32)cc1. The van der Waals surface area contributed by atoms with Crippen LogP contribution in [0.15, 0.2) is 179 Å². The van der Waals surface area contributed by atoms with Crippen LogP contribution in [0.2, 0.25) is 0 Å². The molecule has 0 radical (unpaired) electrons. The van der Waals surface area contributed by atoms with E-state index in [-0.39, 0.29) is 0 Å². The molecule has 242 valence electrons. The van der Waals surface area contributed by atoms with Gasteiger partial charge in [0.25, 0.3) is 0 Å². The number of benzene rings is 8. The van der Waals surface area contributed by atoms with Gasteiger partial charge >= 0.3 is 0 Å². The number of aromatic nitrogens is 2. The zero-order valence-electron chi connectivity index (χ0n) is 27.9. The van der Waals surface area contributed by atoms with Crippen LogP contribution in [0.3, 0.4) is 0 Å². The monoisotopic (exact) mass is 664 g/mol. The minimum atomic E-state index is 0.906. The first kappa shape index (κ1) is 27.7. The molecular formula is C48H28N2O2. The second-order valence-corrected chi connectivity index (χ2v) is 13.7. The van der Waals surface area contributed by atoms with Crippen molar-refractivity contribution in [2.75, 3.05) is 0 Å². The molecule has 12 rings (SSSR count). The molecule has 0 saturated carbocycles. The topological polar surface area (TPSA) is 36.1 Å². The van der Waals surface area contributed by atoms with Gasteiger partial charge in [-0.2, -0.15) is 0 Å². The van der Waals surface area contributed by atoms with Crippen molar-refractivity contribution in [3.63, 3.8) is 0 Å². The molecule has 12 aromatic rings. The zero-order valence-corrected chi connectivity index (χ0v) is 27.9. The molecular weight excluding hydrogens is 637 g/mol. The Morgan fingerprint density at radius 3 is 1.67 bits per heavy atom. The lowest BCUT2D eigenvalue weighted by molar-refractivity contribution is 0.668. The van der Waals surface area contributed by atoms with E-state index >= 15 is 0 Å². The van der Waals surface area contributed by atoms with Crippen LogP contribution in [0.25, 0.3) is 110 Å². The van der Waals surface area contributed by atoms with Gasteiger partial charge < -0.3 is 18.0 Å². The minimum absolute atomic E-state index is 0.906. The highest BCUT2D eigenvalue weighted by Crippen LogP contribution is 2.43. The van der Waals surface area contributed by atoms with Crippen molar-refractivity contribution >= 4 is 87.5 Å². The van der Waals surface area contributed by atoms with E-state index in [9.17, 15) is 0 Å². The second kappa shape index (κ2) is 10.3. The van der Waals surface area contributed by atoms with Gasteiger partial charge in [0.15, 0.2) is 0 Å². The maximum atomic E-state index is 6.35. The van der Waals surface area contributed by atoms with Gasteiger partial charge in [-0.1, -0.05) is 84.9 Å². The molecule has 0 aliphatic rings. The van der Waals surface area contributed by atoms with Gasteiger partial charge in [0, 0.05) is 54.5 Å². The maximum Gasteiger partial charge on any atom is 0.136 e. The fourth-order valence-corrected chi connectivity index (χ4v) is 8.64. The van der Waals surface area contributed by atoms with Gasteiger partial charge in [-0.05, 0) is 96.1 Å². The quantitative estimate of drug-likeness (QED) is 0.188. The van der Waals surface area contributed by atoms with E-state index in [4.69, 9.17) is 8.83 Å². The van der Waals surface area contributed by atoms with Crippen molar-refractivity contribution < 1.29 is 8.83 Å². The number of furan rings is 2. The van der Waals surface area contributed by atoms with E-state index in [0.717, 1.165) is 66.3 Å². The Kier molecular flexibility index (Phi) is 5.47. The van der Waals surface area contributed by atoms with Crippen molar-refractivity contribution in [3.05, 3.63) is 170 Å². The van der Waals surface area contributed by atoms with E-state index < -0.39 is 0 Å². The van der Waals surface area contributed by atoms with Crippen LogP contribution in [0.1, 0.15) is 0 Å². The van der Waals surface area contributed by atoms with Crippen molar-refractivity contribution in [1.29, 1.82) is 0 Å². The van der Waals surface area contributed by atoms with E-state index in [1.165, 1.54) is 43.7 Å². The van der Waals surface area contributed by atoms with E-state index in [0.29, 0.717) is 0 Å². The molecule has 4 nitrogen and oxygen atoms in total. The Morgan fingerprint density at radius 2 is 0.827 bits per heavy atom. The lowest BCUT2D eigenvalue weighted by atomic mass is 10.0. The number of rotatable bonds is 3. The fourth-order valence-electron chi connectivity index (χ4n) is 8.64. The minimum Gasteiger partial charge on any atom is -0.456 e. The molecule has 0 spiro atoms. The Morgan fingerprint density at radius 1 is 0.288 bits per heavy atom. The maximum absolute atomic E-state index is 6.35. The molecule has 52 heavy (non-hydrogen) atoms. The van der Waals surface area contributed by atoms with Gasteiger partial charge in [0.05, 0.1) is 22.1 Å². The van der Waals surface area contributed by atoms with Crippen molar-refractivity contribution in [3.8, 4) is 22.5 Å². The first-order valence-electron chi connectivity index (χ1n) is 17.7. The van der Waals surface area contributed by atoms with Crippen molar-refractivity contribution in [2.45, 2.75) is 0 Å². The molecule has 4 heterocycles. The number of fused-ring (bicyclic) bond motifs is 13. The molecule has 0 fully saturated rings. The molecule has 0 N–H and O–H groups in total. The summed E-state index contributed by atoms with van der Waals surface area (Å²) in [4.78, 5) is 0. The van der Waals surface area contributed by atoms with Gasteiger partial charge in [-0.15, -0.1) is 0 Å². The summed E-state index contributed by atoms with van der Waals surface area (Å²) in [5.74, 6) is 0. The van der Waals surface area contributed by atoms with E-state index in [1.54, 1.807) is 0 Å². The van der Waals surface area contributed by atoms with Gasteiger partial charge in [0.1, 0.15) is 22.3 Å². The molecule has 0 aliphatic heterocycles. The molecule has 4 heteroatoms. The van der Waals surface area contributed by atoms with Crippen LogP contribution >= 0.6 is 0 Å². The van der Waals surface area contributed by atoms with E-state index in [2.05, 4.69) is 161 Å². The Bertz CT molecular complexity index is 3410. The summed E-state index contributed by atoms with van der Waals surface area (Å²) in [6.45, 7) is 0. The first-order valence-corrected chi connectivity index (χ1v) is 17.7. The van der Waals surface area contributed by atoms with Crippen LogP contribution < -0.4 is 0 Å². The molecule has 4 aromatic heterocycles. The Hall–Kier alpha value is -7.04.